The predicted molar refractivity (Wildman–Crippen MR) is 68.3 cm³/mol. The molecule has 0 unspecified atom stereocenters. The van der Waals surface area contributed by atoms with Gasteiger partial charge in [0.05, 0.1) is 4.92 Å². The van der Waals surface area contributed by atoms with E-state index < -0.39 is 10.7 Å². The van der Waals surface area contributed by atoms with Crippen molar-refractivity contribution in [3.63, 3.8) is 0 Å². The Balaban J connectivity index is 2.27. The zero-order valence-electron chi connectivity index (χ0n) is 9.91. The summed E-state index contributed by atoms with van der Waals surface area (Å²) >= 11 is 0. The van der Waals surface area contributed by atoms with Crippen LogP contribution in [0.2, 0.25) is 0 Å². The average Bonchev–Trinajstić information content (AvgIpc) is 2.83. The van der Waals surface area contributed by atoms with Crippen LogP contribution >= 0.6 is 0 Å². The van der Waals surface area contributed by atoms with Crippen molar-refractivity contribution in [2.45, 2.75) is 0 Å². The van der Waals surface area contributed by atoms with E-state index in [1.165, 1.54) is 18.2 Å². The first-order valence-electron chi connectivity index (χ1n) is 5.51. The number of rotatable bonds is 2. The van der Waals surface area contributed by atoms with Crippen LogP contribution in [-0.2, 0) is 0 Å². The maximum atomic E-state index is 13.6. The molecular weight excluding hydrogens is 267 g/mol. The number of hydrogen-bond acceptors (Lipinski definition) is 6. The van der Waals surface area contributed by atoms with Gasteiger partial charge in [-0.3, -0.25) is 10.1 Å². The molecule has 0 aliphatic rings. The van der Waals surface area contributed by atoms with Crippen LogP contribution < -0.4 is 5.73 Å². The summed E-state index contributed by atoms with van der Waals surface area (Å²) in [5.74, 6) is -0.629. The van der Waals surface area contributed by atoms with Gasteiger partial charge in [0.1, 0.15) is 6.20 Å². The molecule has 0 bridgehead atoms. The van der Waals surface area contributed by atoms with Gasteiger partial charge in [-0.1, -0.05) is 12.1 Å². The summed E-state index contributed by atoms with van der Waals surface area (Å²) in [6.45, 7) is 0. The Labute approximate surface area is 111 Å². The number of nitrogens with zero attached hydrogens (tertiary/aromatic N) is 3. The molecule has 0 saturated carbocycles. The minimum atomic E-state index is -0.654. The fourth-order valence-electron chi connectivity index (χ4n) is 1.85. The standard InChI is InChI=1S/C12H7FN4O3/c13-7-3-1-2-6-4-9(20-11(6)7)10-8(17(18)19)5-15-12(14)16-10/h1-5H,(H2,14,15,16). The van der Waals surface area contributed by atoms with E-state index in [9.17, 15) is 14.5 Å². The van der Waals surface area contributed by atoms with Crippen LogP contribution in [0.25, 0.3) is 22.4 Å². The number of aromatic nitrogens is 2. The van der Waals surface area contributed by atoms with E-state index in [1.54, 1.807) is 6.07 Å². The molecule has 20 heavy (non-hydrogen) atoms. The molecule has 0 saturated heterocycles. The molecular formula is C12H7FN4O3. The zero-order chi connectivity index (χ0) is 14.3. The van der Waals surface area contributed by atoms with Gasteiger partial charge < -0.3 is 10.2 Å². The lowest BCUT2D eigenvalue weighted by Gasteiger charge is -1.99. The minimum absolute atomic E-state index is 0.00832. The van der Waals surface area contributed by atoms with E-state index in [-0.39, 0.29) is 28.7 Å². The van der Waals surface area contributed by atoms with Crippen molar-refractivity contribution in [2.24, 2.45) is 0 Å². The van der Waals surface area contributed by atoms with Crippen molar-refractivity contribution >= 4 is 22.6 Å². The van der Waals surface area contributed by atoms with Gasteiger partial charge in [-0.2, -0.15) is 0 Å². The molecule has 0 aliphatic heterocycles. The number of hydrogen-bond donors (Lipinski definition) is 1. The first kappa shape index (κ1) is 12.0. The molecule has 7 nitrogen and oxygen atoms in total. The van der Waals surface area contributed by atoms with Gasteiger partial charge in [0.25, 0.3) is 0 Å². The van der Waals surface area contributed by atoms with Crippen molar-refractivity contribution in [1.82, 2.24) is 9.97 Å². The van der Waals surface area contributed by atoms with Crippen molar-refractivity contribution in [3.8, 4) is 11.5 Å². The number of para-hydroxylation sites is 1. The fraction of sp³-hybridized carbons (Fsp3) is 0. The van der Waals surface area contributed by atoms with Crippen LogP contribution in [-0.4, -0.2) is 14.9 Å². The molecule has 0 atom stereocenters. The van der Waals surface area contributed by atoms with Crippen molar-refractivity contribution < 1.29 is 13.7 Å². The molecule has 0 amide bonds. The summed E-state index contributed by atoms with van der Waals surface area (Å²) in [6, 6.07) is 5.84. The zero-order valence-corrected chi connectivity index (χ0v) is 9.91. The molecule has 3 aromatic rings. The van der Waals surface area contributed by atoms with Crippen LogP contribution in [0.1, 0.15) is 0 Å². The maximum absolute atomic E-state index is 13.6. The number of anilines is 1. The number of furan rings is 1. The number of fused-ring (bicyclic) bond motifs is 1. The van der Waals surface area contributed by atoms with E-state index in [4.69, 9.17) is 10.2 Å². The highest BCUT2D eigenvalue weighted by molar-refractivity contribution is 5.84. The summed E-state index contributed by atoms with van der Waals surface area (Å²) in [4.78, 5) is 17.7. The number of nitrogens with two attached hydrogens (primary N) is 1. The number of halogens is 1. The van der Waals surface area contributed by atoms with Crippen LogP contribution in [0, 0.1) is 15.9 Å². The van der Waals surface area contributed by atoms with Crippen LogP contribution in [0.5, 0.6) is 0 Å². The quantitative estimate of drug-likeness (QED) is 0.568. The van der Waals surface area contributed by atoms with Gasteiger partial charge >= 0.3 is 5.69 Å². The monoisotopic (exact) mass is 274 g/mol. The van der Waals surface area contributed by atoms with Crippen molar-refractivity contribution in [2.75, 3.05) is 5.73 Å². The maximum Gasteiger partial charge on any atom is 0.317 e. The Bertz CT molecular complexity index is 831. The van der Waals surface area contributed by atoms with E-state index >= 15 is 0 Å². The van der Waals surface area contributed by atoms with E-state index in [1.807, 2.05) is 0 Å². The van der Waals surface area contributed by atoms with E-state index in [0.29, 0.717) is 5.39 Å². The topological polar surface area (TPSA) is 108 Å². The molecule has 2 aromatic heterocycles. The van der Waals surface area contributed by atoms with E-state index in [2.05, 4.69) is 9.97 Å². The minimum Gasteiger partial charge on any atom is -0.451 e. The first-order chi connectivity index (χ1) is 9.56. The highest BCUT2D eigenvalue weighted by atomic mass is 19.1. The van der Waals surface area contributed by atoms with Gasteiger partial charge in [-0.05, 0) is 12.1 Å². The molecule has 0 radical (unpaired) electrons. The smallest absolute Gasteiger partial charge is 0.317 e. The highest BCUT2D eigenvalue weighted by Crippen LogP contribution is 2.33. The van der Waals surface area contributed by atoms with Crippen LogP contribution in [0.4, 0.5) is 16.0 Å². The summed E-state index contributed by atoms with van der Waals surface area (Å²) < 4.78 is 18.9. The van der Waals surface area contributed by atoms with Gasteiger partial charge in [-0.15, -0.1) is 0 Å². The lowest BCUT2D eigenvalue weighted by molar-refractivity contribution is -0.384. The third-order valence-electron chi connectivity index (χ3n) is 2.71. The largest absolute Gasteiger partial charge is 0.451 e. The van der Waals surface area contributed by atoms with Crippen molar-refractivity contribution in [1.29, 1.82) is 0 Å². The molecule has 2 N–H and O–H groups in total. The third kappa shape index (κ3) is 1.83. The first-order valence-corrected chi connectivity index (χ1v) is 5.51. The number of benzene rings is 1. The lowest BCUT2D eigenvalue weighted by Crippen LogP contribution is -2.00. The second kappa shape index (κ2) is 4.26. The number of nitro groups is 1. The predicted octanol–water partition coefficient (Wildman–Crippen LogP) is 2.52. The highest BCUT2D eigenvalue weighted by Gasteiger charge is 2.22. The average molecular weight is 274 g/mol. The molecule has 100 valence electrons. The SMILES string of the molecule is Nc1ncc([N+](=O)[O-])c(-c2cc3cccc(F)c3o2)n1. The van der Waals surface area contributed by atoms with Crippen LogP contribution in [0.15, 0.2) is 34.9 Å². The molecule has 1 aromatic carbocycles. The van der Waals surface area contributed by atoms with Crippen molar-refractivity contribution in [3.05, 3.63) is 46.4 Å². The van der Waals surface area contributed by atoms with Gasteiger partial charge in [-0.25, -0.2) is 14.4 Å². The summed E-state index contributed by atoms with van der Waals surface area (Å²) in [6.07, 6.45) is 0.987. The summed E-state index contributed by atoms with van der Waals surface area (Å²) in [7, 11) is 0. The second-order valence-corrected chi connectivity index (χ2v) is 3.99. The van der Waals surface area contributed by atoms with E-state index in [0.717, 1.165) is 6.20 Å². The molecule has 3 rings (SSSR count). The molecule has 0 spiro atoms. The van der Waals surface area contributed by atoms with Crippen LogP contribution in [0.3, 0.4) is 0 Å². The normalized spacial score (nSPS) is 10.8. The Morgan fingerprint density at radius 3 is 2.90 bits per heavy atom. The van der Waals surface area contributed by atoms with Gasteiger partial charge in [0.15, 0.2) is 22.9 Å². The summed E-state index contributed by atoms with van der Waals surface area (Å²) in [5, 5.41) is 11.4. The summed E-state index contributed by atoms with van der Waals surface area (Å²) in [5.41, 5.74) is 4.99. The Kier molecular flexibility index (Phi) is 2.56. The Morgan fingerprint density at radius 2 is 2.20 bits per heavy atom. The Hall–Kier alpha value is -3.03. The molecule has 0 aliphatic carbocycles. The molecule has 0 fully saturated rings. The molecule has 2 heterocycles. The fourth-order valence-corrected chi connectivity index (χ4v) is 1.85. The molecule has 8 heteroatoms. The third-order valence-corrected chi connectivity index (χ3v) is 2.71. The lowest BCUT2D eigenvalue weighted by atomic mass is 10.2. The van der Waals surface area contributed by atoms with Gasteiger partial charge in [0.2, 0.25) is 5.95 Å². The van der Waals surface area contributed by atoms with Gasteiger partial charge in [0, 0.05) is 5.39 Å². The Morgan fingerprint density at radius 1 is 1.40 bits per heavy atom. The number of nitrogen functional groups attached to an aromatic ring is 1. The second-order valence-electron chi connectivity index (χ2n) is 3.99.